The Morgan fingerprint density at radius 2 is 0.727 bits per heavy atom. The highest BCUT2D eigenvalue weighted by molar-refractivity contribution is 5.74. The van der Waals surface area contributed by atoms with Gasteiger partial charge in [0.15, 0.2) is 0 Å². The van der Waals surface area contributed by atoms with E-state index in [-0.39, 0.29) is 12.1 Å². The number of rotatable bonds is 24. The quantitative estimate of drug-likeness (QED) is 0.130. The topological polar surface area (TPSA) is 110 Å². The molecule has 0 aliphatic heterocycles. The van der Waals surface area contributed by atoms with Gasteiger partial charge in [-0.2, -0.15) is 0 Å². The Morgan fingerprint density at radius 1 is 0.455 bits per heavy atom. The first kappa shape index (κ1) is 31.5. The predicted octanol–water partition coefficient (Wildman–Crippen LogP) is 4.87. The zero-order valence-electron chi connectivity index (χ0n) is 21.8. The third kappa shape index (κ3) is 26.6. The molecule has 4 amide bonds. The highest BCUT2D eigenvalue weighted by Gasteiger charge is 2.01. The van der Waals surface area contributed by atoms with Gasteiger partial charge in [-0.05, 0) is 32.1 Å². The molecule has 0 aliphatic rings. The van der Waals surface area contributed by atoms with E-state index in [9.17, 15) is 9.59 Å². The third-order valence-corrected chi connectivity index (χ3v) is 5.95. The minimum absolute atomic E-state index is 0.0826. The number of hydrogen-bond acceptors (Lipinski definition) is 2. The molecule has 7 nitrogen and oxygen atoms in total. The first-order chi connectivity index (χ1) is 16.2. The van der Waals surface area contributed by atoms with Crippen LogP contribution in [-0.4, -0.2) is 44.8 Å². The van der Waals surface area contributed by atoms with E-state index in [1.807, 2.05) is 0 Å². The average molecular weight is 471 g/mol. The molecular formula is C26H56N5O2+. The standard InChI is InChI=1S/C26H55N5O2/c1-2-3-4-5-6-7-8-9-10-11-12-13-14-16-21-28-25(32)30-23-18-19-24-31-26(33)29-22-17-15-20-27/h2-24,27H2,1H3,(H2,28,30,32)(H2,29,31,33)/p+1. The van der Waals surface area contributed by atoms with E-state index >= 15 is 0 Å². The fourth-order valence-electron chi connectivity index (χ4n) is 3.80. The maximum atomic E-state index is 11.8. The van der Waals surface area contributed by atoms with Crippen molar-refractivity contribution in [1.82, 2.24) is 21.3 Å². The van der Waals surface area contributed by atoms with Crippen LogP contribution in [0.4, 0.5) is 9.59 Å². The van der Waals surface area contributed by atoms with Gasteiger partial charge < -0.3 is 27.0 Å². The second-order valence-electron chi connectivity index (χ2n) is 9.23. The average Bonchev–Trinajstić information content (AvgIpc) is 2.81. The van der Waals surface area contributed by atoms with Gasteiger partial charge in [-0.15, -0.1) is 0 Å². The van der Waals surface area contributed by atoms with Gasteiger partial charge in [0, 0.05) is 26.2 Å². The Balaban J connectivity index is 3.22. The summed E-state index contributed by atoms with van der Waals surface area (Å²) in [6.45, 7) is 5.89. The van der Waals surface area contributed by atoms with E-state index < -0.39 is 0 Å². The Kier molecular flexibility index (Phi) is 25.5. The van der Waals surface area contributed by atoms with Gasteiger partial charge in [0.2, 0.25) is 0 Å². The van der Waals surface area contributed by atoms with E-state index in [1.54, 1.807) is 0 Å². The second kappa shape index (κ2) is 26.7. The molecule has 7 heteroatoms. The van der Waals surface area contributed by atoms with Crippen LogP contribution in [0.25, 0.3) is 0 Å². The van der Waals surface area contributed by atoms with Crippen molar-refractivity contribution in [3.63, 3.8) is 0 Å². The van der Waals surface area contributed by atoms with Gasteiger partial charge in [-0.3, -0.25) is 0 Å². The van der Waals surface area contributed by atoms with Gasteiger partial charge in [0.1, 0.15) is 0 Å². The van der Waals surface area contributed by atoms with Crippen LogP contribution in [0.2, 0.25) is 0 Å². The van der Waals surface area contributed by atoms with Crippen molar-refractivity contribution in [3.8, 4) is 0 Å². The third-order valence-electron chi connectivity index (χ3n) is 5.95. The Hall–Kier alpha value is -1.50. The molecule has 0 aromatic carbocycles. The molecule has 7 N–H and O–H groups in total. The lowest BCUT2D eigenvalue weighted by molar-refractivity contribution is -0.368. The summed E-state index contributed by atoms with van der Waals surface area (Å²) in [6, 6.07) is -0.196. The number of carbonyl (C=O) groups excluding carboxylic acids is 2. The lowest BCUT2D eigenvalue weighted by atomic mass is 10.0. The van der Waals surface area contributed by atoms with E-state index in [0.717, 1.165) is 45.2 Å². The Labute approximate surface area is 204 Å². The van der Waals surface area contributed by atoms with Crippen LogP contribution in [0.15, 0.2) is 0 Å². The van der Waals surface area contributed by atoms with Crippen molar-refractivity contribution < 1.29 is 15.3 Å². The van der Waals surface area contributed by atoms with Crippen LogP contribution < -0.4 is 27.0 Å². The number of urea groups is 2. The van der Waals surface area contributed by atoms with Crippen LogP contribution in [-0.2, 0) is 0 Å². The number of nitrogens with one attached hydrogen (secondary N) is 4. The van der Waals surface area contributed by atoms with Crippen molar-refractivity contribution in [1.29, 1.82) is 0 Å². The predicted molar refractivity (Wildman–Crippen MR) is 139 cm³/mol. The van der Waals surface area contributed by atoms with Gasteiger partial charge in [-0.25, -0.2) is 9.59 Å². The molecule has 0 unspecified atom stereocenters. The van der Waals surface area contributed by atoms with Crippen molar-refractivity contribution in [2.45, 2.75) is 122 Å². The zero-order chi connectivity index (χ0) is 24.2. The highest BCUT2D eigenvalue weighted by atomic mass is 16.2. The molecule has 0 spiro atoms. The molecule has 0 rings (SSSR count). The van der Waals surface area contributed by atoms with Gasteiger partial charge in [0.05, 0.1) is 6.54 Å². The van der Waals surface area contributed by atoms with E-state index in [0.29, 0.717) is 19.6 Å². The van der Waals surface area contributed by atoms with Crippen molar-refractivity contribution in [2.24, 2.45) is 0 Å². The smallest absolute Gasteiger partial charge is 0.314 e. The highest BCUT2D eigenvalue weighted by Crippen LogP contribution is 2.12. The molecular weight excluding hydrogens is 414 g/mol. The Bertz CT molecular complexity index is 435. The lowest BCUT2D eigenvalue weighted by Crippen LogP contribution is -2.50. The molecule has 0 aromatic heterocycles. The summed E-state index contributed by atoms with van der Waals surface area (Å²) >= 11 is 0. The molecule has 0 atom stereocenters. The van der Waals surface area contributed by atoms with Crippen molar-refractivity contribution in [3.05, 3.63) is 0 Å². The number of carbonyl (C=O) groups is 2. The van der Waals surface area contributed by atoms with Crippen LogP contribution >= 0.6 is 0 Å². The molecule has 196 valence electrons. The first-order valence-electron chi connectivity index (χ1n) is 14.0. The molecule has 0 aromatic rings. The van der Waals surface area contributed by atoms with Crippen molar-refractivity contribution >= 4 is 12.1 Å². The second-order valence-corrected chi connectivity index (χ2v) is 9.23. The summed E-state index contributed by atoms with van der Waals surface area (Å²) in [5, 5.41) is 11.5. The summed E-state index contributed by atoms with van der Waals surface area (Å²) in [6.07, 6.45) is 22.5. The summed E-state index contributed by atoms with van der Waals surface area (Å²) < 4.78 is 0. The molecule has 0 heterocycles. The van der Waals surface area contributed by atoms with Gasteiger partial charge in [0.25, 0.3) is 0 Å². The minimum atomic E-state index is -0.113. The summed E-state index contributed by atoms with van der Waals surface area (Å²) in [5.41, 5.74) is 3.78. The van der Waals surface area contributed by atoms with Gasteiger partial charge >= 0.3 is 12.1 Å². The number of quaternary nitrogens is 1. The maximum Gasteiger partial charge on any atom is 0.314 e. The first-order valence-corrected chi connectivity index (χ1v) is 14.0. The summed E-state index contributed by atoms with van der Waals surface area (Å²) in [4.78, 5) is 23.3. The molecule has 0 saturated heterocycles. The van der Waals surface area contributed by atoms with Crippen LogP contribution in [0.3, 0.4) is 0 Å². The molecule has 0 bridgehead atoms. The normalized spacial score (nSPS) is 10.7. The minimum Gasteiger partial charge on any atom is -0.358 e. The van der Waals surface area contributed by atoms with Crippen LogP contribution in [0.5, 0.6) is 0 Å². The number of hydrogen-bond donors (Lipinski definition) is 5. The van der Waals surface area contributed by atoms with E-state index in [4.69, 9.17) is 0 Å². The number of amides is 4. The van der Waals surface area contributed by atoms with Crippen LogP contribution in [0, 0.1) is 0 Å². The molecule has 0 saturated carbocycles. The zero-order valence-corrected chi connectivity index (χ0v) is 21.8. The maximum absolute atomic E-state index is 11.8. The van der Waals surface area contributed by atoms with Crippen LogP contribution in [0.1, 0.15) is 122 Å². The molecule has 0 aliphatic carbocycles. The Morgan fingerprint density at radius 3 is 1.06 bits per heavy atom. The summed E-state index contributed by atoms with van der Waals surface area (Å²) in [5.74, 6) is 0. The monoisotopic (exact) mass is 470 g/mol. The van der Waals surface area contributed by atoms with Gasteiger partial charge in [-0.1, -0.05) is 90.4 Å². The number of unbranched alkanes of at least 4 members (excludes halogenated alkanes) is 15. The fraction of sp³-hybridized carbons (Fsp3) is 0.923. The van der Waals surface area contributed by atoms with Crippen molar-refractivity contribution in [2.75, 3.05) is 32.7 Å². The van der Waals surface area contributed by atoms with E-state index in [1.165, 1.54) is 83.5 Å². The molecule has 33 heavy (non-hydrogen) atoms. The SMILES string of the molecule is CCCCCCCCCCCCCCCCNC(=O)NCCCCNC(=O)NCCCC[NH3+]. The molecule has 0 fully saturated rings. The summed E-state index contributed by atoms with van der Waals surface area (Å²) in [7, 11) is 0. The fourth-order valence-corrected chi connectivity index (χ4v) is 3.80. The van der Waals surface area contributed by atoms with E-state index in [2.05, 4.69) is 33.9 Å². The molecule has 0 radical (unpaired) electrons. The lowest BCUT2D eigenvalue weighted by Gasteiger charge is -2.09. The largest absolute Gasteiger partial charge is 0.358 e.